The fourth-order valence-electron chi connectivity index (χ4n) is 2.95. The molecule has 0 aliphatic carbocycles. The second kappa shape index (κ2) is 13.0. The largest absolute Gasteiger partial charge is 1.00 e. The van der Waals surface area contributed by atoms with Crippen molar-refractivity contribution in [3.8, 4) is 17.2 Å². The molecular weight excluding hydrogens is 403 g/mol. The van der Waals surface area contributed by atoms with Gasteiger partial charge in [-0.2, -0.15) is 8.42 Å². The van der Waals surface area contributed by atoms with E-state index in [2.05, 4.69) is 6.92 Å². The predicted octanol–water partition coefficient (Wildman–Crippen LogP) is 2.10. The van der Waals surface area contributed by atoms with Crippen LogP contribution in [0.25, 0.3) is 0 Å². The van der Waals surface area contributed by atoms with E-state index in [0.717, 1.165) is 19.3 Å². The van der Waals surface area contributed by atoms with E-state index in [1.54, 1.807) is 12.1 Å². The molecule has 0 aromatic heterocycles. The first-order valence-corrected chi connectivity index (χ1v) is 10.9. The SMILES string of the molecule is CCCCCCCCCc1cc(S(=O)(=O)O)ccc1Oc1cccc([O-])c1.[K+]. The van der Waals surface area contributed by atoms with Crippen molar-refractivity contribution in [2.45, 2.75) is 63.2 Å². The van der Waals surface area contributed by atoms with E-state index in [9.17, 15) is 18.1 Å². The van der Waals surface area contributed by atoms with Crippen LogP contribution in [0, 0.1) is 0 Å². The molecule has 0 fully saturated rings. The normalized spacial score (nSPS) is 11.1. The van der Waals surface area contributed by atoms with Gasteiger partial charge in [-0.25, -0.2) is 0 Å². The van der Waals surface area contributed by atoms with Crippen molar-refractivity contribution in [3.05, 3.63) is 48.0 Å². The van der Waals surface area contributed by atoms with Crippen LogP contribution in [0.5, 0.6) is 17.2 Å². The van der Waals surface area contributed by atoms with Gasteiger partial charge in [-0.3, -0.25) is 4.55 Å². The Morgan fingerprint density at radius 2 is 1.64 bits per heavy atom. The molecule has 0 bridgehead atoms. The molecule has 5 nitrogen and oxygen atoms in total. The van der Waals surface area contributed by atoms with Crippen molar-refractivity contribution in [3.63, 3.8) is 0 Å². The average Bonchev–Trinajstić information content (AvgIpc) is 2.61. The van der Waals surface area contributed by atoms with Gasteiger partial charge in [-0.1, -0.05) is 57.6 Å². The van der Waals surface area contributed by atoms with E-state index in [0.29, 0.717) is 23.5 Å². The zero-order chi connectivity index (χ0) is 19.7. The van der Waals surface area contributed by atoms with Crippen LogP contribution in [-0.4, -0.2) is 13.0 Å². The molecule has 28 heavy (non-hydrogen) atoms. The zero-order valence-corrected chi connectivity index (χ0v) is 20.6. The number of ether oxygens (including phenoxy) is 1. The minimum absolute atomic E-state index is 0. The third-order valence-electron chi connectivity index (χ3n) is 4.41. The monoisotopic (exact) mass is 430 g/mol. The molecule has 2 aromatic rings. The molecule has 0 unspecified atom stereocenters. The number of hydrogen-bond donors (Lipinski definition) is 1. The van der Waals surface area contributed by atoms with Crippen molar-refractivity contribution in [2.24, 2.45) is 0 Å². The third-order valence-corrected chi connectivity index (χ3v) is 5.26. The molecule has 7 heteroatoms. The van der Waals surface area contributed by atoms with E-state index in [1.165, 1.54) is 56.0 Å². The Bertz CT molecular complexity index is 836. The summed E-state index contributed by atoms with van der Waals surface area (Å²) in [5.41, 5.74) is 0.704. The molecule has 2 aromatic carbocycles. The summed E-state index contributed by atoms with van der Waals surface area (Å²) in [4.78, 5) is -0.148. The first-order chi connectivity index (χ1) is 12.9. The van der Waals surface area contributed by atoms with Crippen LogP contribution in [0.4, 0.5) is 0 Å². The summed E-state index contributed by atoms with van der Waals surface area (Å²) in [6.45, 7) is 2.19. The smallest absolute Gasteiger partial charge is 0.872 e. The van der Waals surface area contributed by atoms with Crippen LogP contribution in [0.2, 0.25) is 0 Å². The Balaban J connectivity index is 0.00000392. The zero-order valence-electron chi connectivity index (χ0n) is 16.7. The van der Waals surface area contributed by atoms with E-state index in [4.69, 9.17) is 4.74 Å². The molecule has 2 rings (SSSR count). The maximum absolute atomic E-state index is 11.5. The van der Waals surface area contributed by atoms with Crippen LogP contribution in [0.1, 0.15) is 57.4 Å². The van der Waals surface area contributed by atoms with Crippen molar-refractivity contribution >= 4 is 10.1 Å². The van der Waals surface area contributed by atoms with E-state index < -0.39 is 10.1 Å². The minimum atomic E-state index is -4.27. The molecule has 0 radical (unpaired) electrons. The number of rotatable bonds is 11. The maximum atomic E-state index is 11.5. The van der Waals surface area contributed by atoms with Crippen LogP contribution < -0.4 is 61.2 Å². The maximum Gasteiger partial charge on any atom is 1.00 e. The Morgan fingerprint density at radius 3 is 2.29 bits per heavy atom. The van der Waals surface area contributed by atoms with E-state index >= 15 is 0 Å². The molecule has 0 amide bonds. The fourth-order valence-corrected chi connectivity index (χ4v) is 3.48. The van der Waals surface area contributed by atoms with Crippen molar-refractivity contribution < 1.29 is 74.2 Å². The predicted molar refractivity (Wildman–Crippen MR) is 104 cm³/mol. The molecule has 0 aliphatic rings. The third kappa shape index (κ3) is 8.94. The van der Waals surface area contributed by atoms with E-state index in [1.807, 2.05) is 0 Å². The van der Waals surface area contributed by atoms with Crippen LogP contribution in [0.15, 0.2) is 47.4 Å². The fraction of sp³-hybridized carbons (Fsp3) is 0.429. The Hall–Kier alpha value is -0.414. The van der Waals surface area contributed by atoms with E-state index in [-0.39, 0.29) is 62.0 Å². The first-order valence-electron chi connectivity index (χ1n) is 9.45. The molecular formula is C21H27KO5S. The minimum Gasteiger partial charge on any atom is -0.872 e. The second-order valence-electron chi connectivity index (χ2n) is 6.69. The van der Waals surface area contributed by atoms with Gasteiger partial charge in [-0.05, 0) is 48.7 Å². The summed E-state index contributed by atoms with van der Waals surface area (Å²) in [5, 5.41) is 11.5. The summed E-state index contributed by atoms with van der Waals surface area (Å²) in [5.74, 6) is 0.748. The topological polar surface area (TPSA) is 86.7 Å². The van der Waals surface area contributed by atoms with Crippen molar-refractivity contribution in [2.75, 3.05) is 0 Å². The van der Waals surface area contributed by atoms with Gasteiger partial charge in [0.25, 0.3) is 10.1 Å². The molecule has 148 valence electrons. The average molecular weight is 431 g/mol. The quantitative estimate of drug-likeness (QED) is 0.335. The molecule has 0 heterocycles. The Kier molecular flexibility index (Phi) is 11.9. The first kappa shape index (κ1) is 25.6. The summed E-state index contributed by atoms with van der Waals surface area (Å²) in [6, 6.07) is 10.4. The number of hydrogen-bond acceptors (Lipinski definition) is 4. The van der Waals surface area contributed by atoms with Gasteiger partial charge in [0, 0.05) is 0 Å². The van der Waals surface area contributed by atoms with Crippen LogP contribution in [0.3, 0.4) is 0 Å². The van der Waals surface area contributed by atoms with Crippen LogP contribution >= 0.6 is 0 Å². The van der Waals surface area contributed by atoms with Gasteiger partial charge in [-0.15, -0.1) is 5.75 Å². The molecule has 0 aliphatic heterocycles. The van der Waals surface area contributed by atoms with Gasteiger partial charge < -0.3 is 9.84 Å². The number of aryl methyl sites for hydroxylation is 1. The second-order valence-corrected chi connectivity index (χ2v) is 8.11. The summed E-state index contributed by atoms with van der Waals surface area (Å²) < 4.78 is 38.0. The van der Waals surface area contributed by atoms with Gasteiger partial charge >= 0.3 is 51.4 Å². The van der Waals surface area contributed by atoms with Gasteiger partial charge in [0.05, 0.1) is 4.90 Å². The van der Waals surface area contributed by atoms with Gasteiger partial charge in [0.15, 0.2) is 0 Å². The summed E-state index contributed by atoms with van der Waals surface area (Å²) >= 11 is 0. The summed E-state index contributed by atoms with van der Waals surface area (Å²) in [6.07, 6.45) is 8.66. The standard InChI is InChI=1S/C21H28O5S.K/c1-2-3-4-5-6-7-8-10-17-15-20(27(23,24)25)13-14-21(17)26-19-12-9-11-18(22)16-19;/h9,11-16,22H,2-8,10H2,1H3,(H,23,24,25);/q;+1/p-1. The molecule has 0 atom stereocenters. The van der Waals surface area contributed by atoms with Crippen molar-refractivity contribution in [1.29, 1.82) is 0 Å². The molecule has 0 saturated heterocycles. The number of unbranched alkanes of at least 4 members (excludes halogenated alkanes) is 6. The Labute approximate surface area is 210 Å². The van der Waals surface area contributed by atoms with Crippen molar-refractivity contribution in [1.82, 2.24) is 0 Å². The molecule has 1 N–H and O–H groups in total. The Morgan fingerprint density at radius 1 is 0.964 bits per heavy atom. The van der Waals surface area contributed by atoms with Crippen LogP contribution in [-0.2, 0) is 16.5 Å². The summed E-state index contributed by atoms with van der Waals surface area (Å²) in [7, 11) is -4.27. The molecule has 0 saturated carbocycles. The van der Waals surface area contributed by atoms with Gasteiger partial charge in [0.1, 0.15) is 11.5 Å². The number of benzene rings is 2. The van der Waals surface area contributed by atoms with Gasteiger partial charge in [0.2, 0.25) is 0 Å². The molecule has 0 spiro atoms.